The zero-order valence-electron chi connectivity index (χ0n) is 34.8. The Morgan fingerprint density at radius 2 is 0.817 bits per heavy atom. The third-order valence-corrected chi connectivity index (χ3v) is 27.9. The summed E-state index contributed by atoms with van der Waals surface area (Å²) in [5.41, 5.74) is 6.85. The van der Waals surface area contributed by atoms with Gasteiger partial charge in [0.2, 0.25) is 0 Å². The first-order chi connectivity index (χ1) is 29.4. The molecule has 4 aromatic carbocycles. The lowest BCUT2D eigenvalue weighted by atomic mass is 10.1. The summed E-state index contributed by atoms with van der Waals surface area (Å²) in [6, 6.07) is 31.3. The highest BCUT2D eigenvalue weighted by molar-refractivity contribution is 9.41. The van der Waals surface area contributed by atoms with E-state index >= 15 is 0 Å². The summed E-state index contributed by atoms with van der Waals surface area (Å²) in [6.45, 7) is 15.4. The highest BCUT2D eigenvalue weighted by Gasteiger charge is 2.41. The number of nitrogens with zero attached hydrogens (tertiary/aromatic N) is 2. The van der Waals surface area contributed by atoms with Crippen molar-refractivity contribution in [3.05, 3.63) is 96.1 Å². The Bertz CT molecular complexity index is 1990. The van der Waals surface area contributed by atoms with Crippen molar-refractivity contribution in [1.29, 1.82) is 0 Å². The van der Waals surface area contributed by atoms with Crippen LogP contribution in [0.15, 0.2) is 94.7 Å². The van der Waals surface area contributed by atoms with Gasteiger partial charge in [0.1, 0.15) is 10.0 Å². The summed E-state index contributed by atoms with van der Waals surface area (Å²) in [4.78, 5) is 12.6. The molecule has 18 heteroatoms. The monoisotopic (exact) mass is 992 g/mol. The number of aromatic nitrogens is 2. The summed E-state index contributed by atoms with van der Waals surface area (Å²) in [6.07, 6.45) is 1.54. The molecule has 0 spiro atoms. The molecule has 0 unspecified atom stereocenters. The van der Waals surface area contributed by atoms with Crippen LogP contribution in [0.1, 0.15) is 52.7 Å². The zero-order chi connectivity index (χ0) is 42.2. The molecule has 0 atom stereocenters. The van der Waals surface area contributed by atoms with Gasteiger partial charge in [-0.05, 0) is 163 Å². The van der Waals surface area contributed by atoms with Crippen LogP contribution in [0.4, 0.5) is 0 Å². The summed E-state index contributed by atoms with van der Waals surface area (Å²) in [5.74, 6) is 0. The maximum atomic E-state index is 6.24. The average Bonchev–Trinajstić information content (AvgIpc) is 3.89. The quantitative estimate of drug-likeness (QED) is 0.0279. The van der Waals surface area contributed by atoms with Crippen molar-refractivity contribution >= 4 is 122 Å². The van der Waals surface area contributed by atoms with Crippen molar-refractivity contribution in [2.45, 2.75) is 76.3 Å². The van der Waals surface area contributed by atoms with Gasteiger partial charge in [-0.2, -0.15) is 0 Å². The molecule has 0 amide bonds. The first kappa shape index (κ1) is 48.4. The second-order valence-electron chi connectivity index (χ2n) is 13.0. The summed E-state index contributed by atoms with van der Waals surface area (Å²) < 4.78 is 39.8. The molecule has 0 aliphatic rings. The molecule has 0 saturated heterocycles. The van der Waals surface area contributed by atoms with Gasteiger partial charge in [-0.3, -0.25) is 0 Å². The van der Waals surface area contributed by atoms with Crippen LogP contribution in [0.5, 0.6) is 0 Å². The molecule has 0 aliphatic heterocycles. The Balaban J connectivity index is 1.18. The van der Waals surface area contributed by atoms with Crippen molar-refractivity contribution < 1.29 is 26.6 Å². The molecule has 0 N–H and O–H groups in total. The smallest absolute Gasteiger partial charge is 0.374 e. The van der Waals surface area contributed by atoms with Crippen LogP contribution in [0.25, 0.3) is 41.6 Å². The van der Waals surface area contributed by atoms with E-state index in [4.69, 9.17) is 36.5 Å². The molecule has 0 saturated carbocycles. The number of thiazole rings is 2. The number of hydrogen-bond donors (Lipinski definition) is 0. The lowest BCUT2D eigenvalue weighted by molar-refractivity contribution is 0.0706. The van der Waals surface area contributed by atoms with Crippen LogP contribution in [-0.4, -0.2) is 67.2 Å². The summed E-state index contributed by atoms with van der Waals surface area (Å²) >= 11 is 3.49. The standard InChI is InChI=1S/C42H52N2O6S8Si2/c1-7-45-59(46-8-2,47-9-3)29-27-31-19-17-25-37(39(31)41-43-33-21-13-15-23-35(33)51-41)53-55-57-58-56-54-38-26-18-20-32(28-30-60(48-10-4,49-11-5)50-12-6)40(38)42-44-34-22-14-16-24-36(34)52-42/h13-26H,7-12,27-30H2,1-6H3. The second kappa shape index (κ2) is 24.9. The first-order valence-corrected chi connectivity index (χ1v) is 33.2. The van der Waals surface area contributed by atoms with Crippen LogP contribution < -0.4 is 0 Å². The minimum Gasteiger partial charge on any atom is -0.374 e. The lowest BCUT2D eigenvalue weighted by Gasteiger charge is -2.28. The van der Waals surface area contributed by atoms with Gasteiger partial charge in [0.15, 0.2) is 0 Å². The fraction of sp³-hybridized carbons (Fsp3) is 0.381. The Morgan fingerprint density at radius 3 is 1.17 bits per heavy atom. The zero-order valence-corrected chi connectivity index (χ0v) is 43.3. The first-order valence-electron chi connectivity index (χ1n) is 20.2. The van der Waals surface area contributed by atoms with Gasteiger partial charge >= 0.3 is 17.6 Å². The summed E-state index contributed by atoms with van der Waals surface area (Å²) in [5, 5.41) is 2.06. The number of para-hydroxylation sites is 2. The fourth-order valence-corrected chi connectivity index (χ4v) is 25.6. The second-order valence-corrected chi connectivity index (χ2v) is 29.8. The van der Waals surface area contributed by atoms with Crippen LogP contribution in [-0.2, 0) is 39.4 Å². The lowest BCUT2D eigenvalue weighted by Crippen LogP contribution is -2.46. The molecule has 6 rings (SSSR count). The van der Waals surface area contributed by atoms with E-state index in [0.717, 1.165) is 33.9 Å². The van der Waals surface area contributed by atoms with E-state index in [1.807, 2.05) is 41.5 Å². The number of hydrogen-bond acceptors (Lipinski definition) is 16. The molecule has 6 aromatic rings. The predicted molar refractivity (Wildman–Crippen MR) is 270 cm³/mol. The normalized spacial score (nSPS) is 12.3. The van der Waals surface area contributed by atoms with E-state index in [9.17, 15) is 0 Å². The van der Waals surface area contributed by atoms with Gasteiger partial charge in [-0.25, -0.2) is 9.97 Å². The third-order valence-electron chi connectivity index (χ3n) is 9.16. The van der Waals surface area contributed by atoms with Gasteiger partial charge in [0.25, 0.3) is 0 Å². The van der Waals surface area contributed by atoms with Crippen molar-refractivity contribution in [3.63, 3.8) is 0 Å². The molecule has 0 fully saturated rings. The van der Waals surface area contributed by atoms with Crippen molar-refractivity contribution in [2.75, 3.05) is 39.6 Å². The van der Waals surface area contributed by atoms with Crippen molar-refractivity contribution in [2.24, 2.45) is 0 Å². The molecule has 322 valence electrons. The Morgan fingerprint density at radius 1 is 0.450 bits per heavy atom. The van der Waals surface area contributed by atoms with E-state index in [0.29, 0.717) is 51.7 Å². The Labute approximate surface area is 387 Å². The van der Waals surface area contributed by atoms with Crippen LogP contribution in [0.2, 0.25) is 12.1 Å². The highest BCUT2D eigenvalue weighted by atomic mass is 33.9. The molecule has 2 heterocycles. The number of rotatable bonds is 27. The van der Waals surface area contributed by atoms with Crippen molar-refractivity contribution in [1.82, 2.24) is 9.97 Å². The van der Waals surface area contributed by atoms with Gasteiger partial charge in [-0.15, -0.1) is 22.7 Å². The average molecular weight is 994 g/mol. The maximum absolute atomic E-state index is 6.24. The number of fused-ring (bicyclic) bond motifs is 2. The van der Waals surface area contributed by atoms with Gasteiger partial charge in [0.05, 0.1) is 20.4 Å². The van der Waals surface area contributed by atoms with Crippen LogP contribution in [0, 0.1) is 0 Å². The van der Waals surface area contributed by atoms with E-state index < -0.39 is 17.6 Å². The van der Waals surface area contributed by atoms with E-state index in [-0.39, 0.29) is 0 Å². The van der Waals surface area contributed by atoms with Crippen LogP contribution in [0.3, 0.4) is 0 Å². The molecule has 2 aromatic heterocycles. The van der Waals surface area contributed by atoms with Crippen molar-refractivity contribution in [3.8, 4) is 21.1 Å². The number of benzene rings is 4. The minimum absolute atomic E-state index is 0.558. The van der Waals surface area contributed by atoms with Gasteiger partial charge < -0.3 is 26.6 Å². The van der Waals surface area contributed by atoms with Crippen LogP contribution >= 0.6 is 83.6 Å². The molecular weight excluding hydrogens is 941 g/mol. The Hall–Kier alpha value is -1.05. The van der Waals surface area contributed by atoms with E-state index in [1.165, 1.54) is 41.4 Å². The molecule has 0 bridgehead atoms. The topological polar surface area (TPSA) is 81.2 Å². The fourth-order valence-electron chi connectivity index (χ4n) is 6.85. The third kappa shape index (κ3) is 12.8. The summed E-state index contributed by atoms with van der Waals surface area (Å²) in [7, 11) is 4.96. The number of aryl methyl sites for hydroxylation is 2. The van der Waals surface area contributed by atoms with E-state index in [2.05, 4.69) is 84.9 Å². The highest BCUT2D eigenvalue weighted by Crippen LogP contribution is 2.58. The maximum Gasteiger partial charge on any atom is 0.501 e. The largest absolute Gasteiger partial charge is 0.501 e. The SMILES string of the molecule is CCO[Si](CCc1cccc(SSSSSSc2cccc(CC[Si](OCC)(OCC)OCC)c2-c2nc3ccccc3s2)c1-c1nc2ccccc2s1)(OCC)OCC. The molecule has 0 aliphatic carbocycles. The molecule has 0 radical (unpaired) electrons. The van der Waals surface area contributed by atoms with Gasteiger partial charge in [0, 0.05) is 72.6 Å². The Kier molecular flexibility index (Phi) is 20.1. The molecule has 60 heavy (non-hydrogen) atoms. The minimum atomic E-state index is -2.84. The van der Waals surface area contributed by atoms with Gasteiger partial charge in [-0.1, -0.05) is 48.5 Å². The molecular formula is C42H52N2O6S8Si2. The molecule has 8 nitrogen and oxygen atoms in total. The predicted octanol–water partition coefficient (Wildman–Crippen LogP) is 14.8. The van der Waals surface area contributed by atoms with E-state index in [1.54, 1.807) is 83.6 Å².